The normalized spacial score (nSPS) is 9.70. The molecule has 30 nitrogen and oxygen atoms in total. The zero-order chi connectivity index (χ0) is 53.2. The molecule has 0 saturated carbocycles. The van der Waals surface area contributed by atoms with Crippen LogP contribution >= 0.6 is 58.0 Å². The van der Waals surface area contributed by atoms with Crippen molar-refractivity contribution in [2.24, 2.45) is 0 Å². The molecule has 0 atom stereocenters. The highest BCUT2D eigenvalue weighted by atomic mass is 35.5. The molecule has 0 unspecified atom stereocenters. The van der Waals surface area contributed by atoms with Crippen molar-refractivity contribution in [3.05, 3.63) is 232 Å². The molecule has 0 amide bonds. The summed E-state index contributed by atoms with van der Waals surface area (Å²) in [6.45, 7) is 6.08. The van der Waals surface area contributed by atoms with Crippen LogP contribution in [0.25, 0.3) is 0 Å². The SMILES string of the molecule is Cc1c([N+](=O)[O-])cc[n+]([O-])c1C.Cc1c[n+]([O-])cc(Cl)c1[N+](=O)[O-].Cc1cc([N+](=O)[O-])cc[n+]1[O-].O=[N+]([O-])c1cc[n+]([O-])c(Cl)c1.O=[N+]([O-])c1cc[n+]([O-])c(Cl)c1Cl.O=[N+]([O-])c1cc[n+]([O-])cc1Cl. The largest absolute Gasteiger partial charge is 0.619 e. The van der Waals surface area contributed by atoms with Crippen LogP contribution in [-0.2, 0) is 0 Å². The van der Waals surface area contributed by atoms with E-state index in [0.717, 1.165) is 73.8 Å². The van der Waals surface area contributed by atoms with Crippen LogP contribution in [0, 0.1) is 120 Å². The molecule has 0 aromatic carbocycles. The Morgan fingerprint density at radius 1 is 0.449 bits per heavy atom. The number of aryl methyl sites for hydroxylation is 2. The highest BCUT2D eigenvalue weighted by molar-refractivity contribution is 6.42. The number of aromatic nitrogens is 6. The van der Waals surface area contributed by atoms with E-state index >= 15 is 0 Å². The molecule has 6 aromatic rings. The van der Waals surface area contributed by atoms with Crippen molar-refractivity contribution in [1.29, 1.82) is 0 Å². The lowest BCUT2D eigenvalue weighted by molar-refractivity contribution is -0.613. The molecule has 6 aromatic heterocycles. The molecule has 6 heterocycles. The van der Waals surface area contributed by atoms with Gasteiger partial charge in [0.15, 0.2) is 58.6 Å². The van der Waals surface area contributed by atoms with Crippen LogP contribution in [0.1, 0.15) is 22.5 Å². The first-order valence-electron chi connectivity index (χ1n) is 17.4. The molecule has 0 aliphatic carbocycles. The summed E-state index contributed by atoms with van der Waals surface area (Å²) in [4.78, 5) is 57.8. The highest BCUT2D eigenvalue weighted by Crippen LogP contribution is 2.28. The Bertz CT molecular complexity index is 2770. The third-order valence-electron chi connectivity index (χ3n) is 7.76. The molecule has 6 rings (SSSR count). The van der Waals surface area contributed by atoms with Crippen LogP contribution in [0.2, 0.25) is 25.4 Å². The van der Waals surface area contributed by atoms with Gasteiger partial charge in [0.05, 0.1) is 77.1 Å². The van der Waals surface area contributed by atoms with Crippen molar-refractivity contribution >= 4 is 92.1 Å². The van der Waals surface area contributed by atoms with Gasteiger partial charge in [-0.2, -0.15) is 28.4 Å². The summed E-state index contributed by atoms with van der Waals surface area (Å²) < 4.78 is 2.61. The van der Waals surface area contributed by atoms with Crippen molar-refractivity contribution < 1.29 is 57.9 Å². The Morgan fingerprint density at radius 3 is 1.35 bits per heavy atom. The molecular formula is C34H27Cl5N12O18. The van der Waals surface area contributed by atoms with Gasteiger partial charge in [-0.05, 0) is 37.0 Å². The molecule has 0 spiro atoms. The average Bonchev–Trinajstić information content (AvgIpc) is 3.24. The van der Waals surface area contributed by atoms with Gasteiger partial charge in [-0.25, -0.2) is 0 Å². The molecule has 0 fully saturated rings. The second kappa shape index (κ2) is 26.6. The lowest BCUT2D eigenvalue weighted by Crippen LogP contribution is -2.30. The quantitative estimate of drug-likeness (QED) is 0.0618. The number of pyridine rings is 6. The first kappa shape index (κ1) is 58.6. The smallest absolute Gasteiger partial charge is 0.312 e. The van der Waals surface area contributed by atoms with Gasteiger partial charge in [0.25, 0.3) is 27.9 Å². The van der Waals surface area contributed by atoms with E-state index in [9.17, 15) is 91.9 Å². The molecule has 0 aliphatic rings. The number of rotatable bonds is 6. The maximum absolute atomic E-state index is 10.9. The van der Waals surface area contributed by atoms with E-state index in [1.807, 2.05) is 0 Å². The number of nitro groups is 6. The van der Waals surface area contributed by atoms with E-state index in [4.69, 9.17) is 58.0 Å². The van der Waals surface area contributed by atoms with E-state index in [1.54, 1.807) is 13.8 Å². The highest BCUT2D eigenvalue weighted by Gasteiger charge is 2.22. The van der Waals surface area contributed by atoms with Crippen LogP contribution in [0.5, 0.6) is 0 Å². The molecule has 69 heavy (non-hydrogen) atoms. The fraction of sp³-hybridized carbons (Fsp3) is 0.118. The van der Waals surface area contributed by atoms with Gasteiger partial charge in [-0.15, -0.1) is 0 Å². The maximum atomic E-state index is 10.9. The second-order valence-corrected chi connectivity index (χ2v) is 14.3. The zero-order valence-corrected chi connectivity index (χ0v) is 38.5. The van der Waals surface area contributed by atoms with Crippen LogP contribution in [0.3, 0.4) is 0 Å². The summed E-state index contributed by atoms with van der Waals surface area (Å²) in [5.41, 5.74) is 0.219. The van der Waals surface area contributed by atoms with Gasteiger partial charge in [0.1, 0.15) is 6.07 Å². The molecule has 0 radical (unpaired) electrons. The molecule has 0 saturated heterocycles. The molecular weight excluding hydrogens is 1040 g/mol. The van der Waals surface area contributed by atoms with Crippen molar-refractivity contribution in [1.82, 2.24) is 0 Å². The van der Waals surface area contributed by atoms with Gasteiger partial charge >= 0.3 is 16.5 Å². The number of nitrogens with zero attached hydrogens (tertiary/aromatic N) is 12. The van der Waals surface area contributed by atoms with Crippen molar-refractivity contribution in [3.63, 3.8) is 0 Å². The van der Waals surface area contributed by atoms with Crippen LogP contribution < -0.4 is 28.4 Å². The lowest BCUT2D eigenvalue weighted by atomic mass is 10.2. The molecule has 366 valence electrons. The zero-order valence-electron chi connectivity index (χ0n) is 34.8. The molecule has 0 bridgehead atoms. The van der Waals surface area contributed by atoms with Gasteiger partial charge in [0.2, 0.25) is 17.4 Å². The topological polar surface area (TPSA) is 420 Å². The van der Waals surface area contributed by atoms with E-state index in [-0.39, 0.29) is 64.6 Å². The Hall–Kier alpha value is -8.45. The Morgan fingerprint density at radius 2 is 0.899 bits per heavy atom. The third kappa shape index (κ3) is 18.0. The Labute approximate surface area is 408 Å². The standard InChI is InChI=1S/C7H8N2O3.C6H5ClN2O3.C6H6N2O3.C5H2Cl2N2O3.2C5H3ClN2O3/c1-5-6(2)8(10)4-3-7(5)9(11)12;1-4-2-8(10)3-5(7)6(4)9(11)12;1-5-4-6(8(10)11)2-3-7(5)9;6-4-3(9(11)12)1-2-8(10)5(4)7;6-4-3-7(9)2-1-5(4)8(10)11;6-5-3-4(8(10)11)1-2-7(5)9/h3-4H,1-2H3;2-3H,1H3;2-4H,1H3;1-2H;2*1-3H. The predicted molar refractivity (Wildman–Crippen MR) is 236 cm³/mol. The summed E-state index contributed by atoms with van der Waals surface area (Å²) in [6, 6.07) is 7.71. The summed E-state index contributed by atoms with van der Waals surface area (Å²) in [6.07, 6.45) is 8.17. The lowest BCUT2D eigenvalue weighted by Gasteiger charge is -2.02. The van der Waals surface area contributed by atoms with Gasteiger partial charge < -0.3 is 31.2 Å². The second-order valence-electron chi connectivity index (χ2n) is 12.3. The average molecular weight is 1070 g/mol. The first-order valence-corrected chi connectivity index (χ1v) is 19.3. The van der Waals surface area contributed by atoms with Gasteiger partial charge in [0, 0.05) is 13.8 Å². The summed E-state index contributed by atoms with van der Waals surface area (Å²) in [5.74, 6) is 0. The maximum Gasteiger partial charge on any atom is 0.312 e. The van der Waals surface area contributed by atoms with E-state index < -0.39 is 34.7 Å². The van der Waals surface area contributed by atoms with Crippen LogP contribution in [0.15, 0.2) is 92.0 Å². The molecule has 0 aliphatic heterocycles. The summed E-state index contributed by atoms with van der Waals surface area (Å²) in [7, 11) is 0. The number of hydrogen-bond donors (Lipinski definition) is 0. The summed E-state index contributed by atoms with van der Waals surface area (Å²) in [5, 5.41) is 124. The van der Waals surface area contributed by atoms with Crippen LogP contribution in [-0.4, -0.2) is 29.5 Å². The minimum Gasteiger partial charge on any atom is -0.619 e. The molecule has 0 N–H and O–H groups in total. The Kier molecular flexibility index (Phi) is 22.6. The third-order valence-corrected chi connectivity index (χ3v) is 9.42. The van der Waals surface area contributed by atoms with Crippen molar-refractivity contribution in [3.8, 4) is 0 Å². The Balaban J connectivity index is 0.000000414. The minimum absolute atomic E-state index is 0.0143. The van der Waals surface area contributed by atoms with E-state index in [2.05, 4.69) is 0 Å². The fourth-order valence-electron chi connectivity index (χ4n) is 4.28. The van der Waals surface area contributed by atoms with Crippen LogP contribution in [0.4, 0.5) is 34.1 Å². The summed E-state index contributed by atoms with van der Waals surface area (Å²) >= 11 is 26.9. The minimum atomic E-state index is -0.714. The monoisotopic (exact) mass is 1070 g/mol. The first-order chi connectivity index (χ1) is 31.9. The van der Waals surface area contributed by atoms with Gasteiger partial charge in [-0.3, -0.25) is 60.7 Å². The van der Waals surface area contributed by atoms with E-state index in [0.29, 0.717) is 40.6 Å². The van der Waals surface area contributed by atoms with E-state index in [1.165, 1.54) is 32.0 Å². The van der Waals surface area contributed by atoms with Crippen molar-refractivity contribution in [2.45, 2.75) is 27.7 Å². The molecule has 35 heteroatoms. The number of halogens is 5. The number of hydrogen-bond acceptors (Lipinski definition) is 18. The van der Waals surface area contributed by atoms with Gasteiger partial charge in [-0.1, -0.05) is 34.8 Å². The van der Waals surface area contributed by atoms with Crippen molar-refractivity contribution in [2.75, 3.05) is 0 Å². The fourth-order valence-corrected chi connectivity index (χ4v) is 5.36. The predicted octanol–water partition coefficient (Wildman–Crippen LogP) is 5.87.